The Balaban J connectivity index is 2.29. The molecule has 0 amide bonds. The van der Waals surface area contributed by atoms with Gasteiger partial charge in [-0.15, -0.1) is 11.6 Å². The first kappa shape index (κ1) is 15.5. The Kier molecular flexibility index (Phi) is 6.49. The van der Waals surface area contributed by atoms with E-state index in [2.05, 4.69) is 6.92 Å². The predicted molar refractivity (Wildman–Crippen MR) is 68.5 cm³/mol. The second-order valence-electron chi connectivity index (χ2n) is 4.83. The molecule has 5 heteroatoms. The van der Waals surface area contributed by atoms with Gasteiger partial charge in [0, 0.05) is 11.1 Å². The summed E-state index contributed by atoms with van der Waals surface area (Å²) in [5.41, 5.74) is -4.10. The molecule has 0 nitrogen and oxygen atoms in total. The molecule has 17 heavy (non-hydrogen) atoms. The standard InChI is InChI=1S/C12H20ClF3S/c1-2-3-9-4-5-11(13)10(8-9)6-7-17-12(14,15)16/h9-11H,2-8H2,1H3. The molecule has 1 saturated carbocycles. The second kappa shape index (κ2) is 7.13. The molecule has 1 aliphatic carbocycles. The lowest BCUT2D eigenvalue weighted by molar-refractivity contribution is -0.0328. The maximum atomic E-state index is 12.0. The van der Waals surface area contributed by atoms with Gasteiger partial charge in [-0.25, -0.2) is 0 Å². The van der Waals surface area contributed by atoms with Crippen LogP contribution in [0.1, 0.15) is 45.4 Å². The largest absolute Gasteiger partial charge is 0.441 e. The van der Waals surface area contributed by atoms with Gasteiger partial charge >= 0.3 is 5.51 Å². The number of halogens is 4. The molecule has 3 atom stereocenters. The van der Waals surface area contributed by atoms with E-state index in [1.807, 2.05) is 0 Å². The van der Waals surface area contributed by atoms with Crippen LogP contribution in [0.4, 0.5) is 13.2 Å². The van der Waals surface area contributed by atoms with Gasteiger partial charge in [0.2, 0.25) is 0 Å². The molecule has 0 radical (unpaired) electrons. The fourth-order valence-electron chi connectivity index (χ4n) is 2.62. The first-order valence-corrected chi connectivity index (χ1v) is 7.69. The van der Waals surface area contributed by atoms with E-state index >= 15 is 0 Å². The smallest absolute Gasteiger partial charge is 0.160 e. The highest BCUT2D eigenvalue weighted by molar-refractivity contribution is 8.00. The molecule has 3 unspecified atom stereocenters. The van der Waals surface area contributed by atoms with Crippen molar-refractivity contribution in [3.05, 3.63) is 0 Å². The van der Waals surface area contributed by atoms with Crippen LogP contribution < -0.4 is 0 Å². The summed E-state index contributed by atoms with van der Waals surface area (Å²) in [5.74, 6) is 1.10. The van der Waals surface area contributed by atoms with E-state index in [0.717, 1.165) is 25.7 Å². The Morgan fingerprint density at radius 1 is 1.24 bits per heavy atom. The van der Waals surface area contributed by atoms with Gasteiger partial charge in [0.25, 0.3) is 0 Å². The van der Waals surface area contributed by atoms with Gasteiger partial charge in [-0.3, -0.25) is 0 Å². The zero-order chi connectivity index (χ0) is 12.9. The number of hydrogen-bond donors (Lipinski definition) is 0. The van der Waals surface area contributed by atoms with Crippen molar-refractivity contribution < 1.29 is 13.2 Å². The van der Waals surface area contributed by atoms with Gasteiger partial charge in [0.05, 0.1) is 0 Å². The number of hydrogen-bond acceptors (Lipinski definition) is 1. The summed E-state index contributed by atoms with van der Waals surface area (Å²) < 4.78 is 36.1. The van der Waals surface area contributed by atoms with Gasteiger partial charge in [0.1, 0.15) is 0 Å². The van der Waals surface area contributed by atoms with Crippen molar-refractivity contribution in [1.82, 2.24) is 0 Å². The van der Waals surface area contributed by atoms with Crippen molar-refractivity contribution in [2.45, 2.75) is 56.3 Å². The zero-order valence-corrected chi connectivity index (χ0v) is 11.7. The van der Waals surface area contributed by atoms with Crippen LogP contribution in [-0.4, -0.2) is 16.6 Å². The summed E-state index contributed by atoms with van der Waals surface area (Å²) in [4.78, 5) is 0. The Morgan fingerprint density at radius 2 is 1.94 bits per heavy atom. The summed E-state index contributed by atoms with van der Waals surface area (Å²) in [6.45, 7) is 2.15. The van der Waals surface area contributed by atoms with Crippen LogP contribution in [0.3, 0.4) is 0 Å². The number of alkyl halides is 4. The maximum Gasteiger partial charge on any atom is 0.441 e. The molecule has 1 rings (SSSR count). The SMILES string of the molecule is CCCC1CCC(Cl)C(CCSC(F)(F)F)C1. The lowest BCUT2D eigenvalue weighted by atomic mass is 9.78. The normalized spacial score (nSPS) is 30.5. The first-order valence-electron chi connectivity index (χ1n) is 6.27. The third-order valence-electron chi connectivity index (χ3n) is 3.45. The quantitative estimate of drug-likeness (QED) is 0.606. The summed E-state index contributed by atoms with van der Waals surface area (Å²) in [5, 5.41) is 0.0805. The van der Waals surface area contributed by atoms with Crippen molar-refractivity contribution in [1.29, 1.82) is 0 Å². The highest BCUT2D eigenvalue weighted by Gasteiger charge is 2.31. The van der Waals surface area contributed by atoms with Crippen molar-refractivity contribution in [3.8, 4) is 0 Å². The van der Waals surface area contributed by atoms with E-state index < -0.39 is 5.51 Å². The van der Waals surface area contributed by atoms with Crippen molar-refractivity contribution >= 4 is 23.4 Å². The molecular weight excluding hydrogens is 269 g/mol. The highest BCUT2D eigenvalue weighted by Crippen LogP contribution is 2.39. The molecule has 0 aromatic rings. The predicted octanol–water partition coefficient (Wildman–Crippen LogP) is 5.45. The topological polar surface area (TPSA) is 0 Å². The van der Waals surface area contributed by atoms with Crippen LogP contribution in [0.25, 0.3) is 0 Å². The Bertz CT molecular complexity index is 220. The molecule has 0 bridgehead atoms. The molecule has 0 aromatic carbocycles. The summed E-state index contributed by atoms with van der Waals surface area (Å²) in [6.07, 6.45) is 6.06. The van der Waals surface area contributed by atoms with Gasteiger partial charge in [-0.05, 0) is 37.5 Å². The summed E-state index contributed by atoms with van der Waals surface area (Å²) in [7, 11) is 0. The highest BCUT2D eigenvalue weighted by atomic mass is 35.5. The fourth-order valence-corrected chi connectivity index (χ4v) is 3.63. The summed E-state index contributed by atoms with van der Waals surface area (Å²) >= 11 is 6.29. The van der Waals surface area contributed by atoms with Crippen LogP contribution >= 0.6 is 23.4 Å². The Morgan fingerprint density at radius 3 is 2.53 bits per heavy atom. The minimum atomic E-state index is -4.10. The molecular formula is C12H20ClF3S. The number of rotatable bonds is 5. The van der Waals surface area contributed by atoms with E-state index in [0.29, 0.717) is 12.3 Å². The van der Waals surface area contributed by atoms with E-state index in [-0.39, 0.29) is 28.8 Å². The van der Waals surface area contributed by atoms with E-state index in [1.165, 1.54) is 6.42 Å². The van der Waals surface area contributed by atoms with Crippen molar-refractivity contribution in [2.24, 2.45) is 11.8 Å². The molecule has 1 fully saturated rings. The number of thioether (sulfide) groups is 1. The summed E-state index contributed by atoms with van der Waals surface area (Å²) in [6, 6.07) is 0. The van der Waals surface area contributed by atoms with Crippen LogP contribution in [0.2, 0.25) is 0 Å². The van der Waals surface area contributed by atoms with Crippen LogP contribution in [0.5, 0.6) is 0 Å². The lowest BCUT2D eigenvalue weighted by Gasteiger charge is -2.33. The van der Waals surface area contributed by atoms with Gasteiger partial charge in [-0.2, -0.15) is 13.2 Å². The second-order valence-corrected chi connectivity index (χ2v) is 6.55. The Labute approximate surface area is 111 Å². The Hall–Kier alpha value is 0.430. The van der Waals surface area contributed by atoms with E-state index in [9.17, 15) is 13.2 Å². The molecule has 102 valence electrons. The molecule has 0 saturated heterocycles. The van der Waals surface area contributed by atoms with E-state index in [4.69, 9.17) is 11.6 Å². The lowest BCUT2D eigenvalue weighted by Crippen LogP contribution is -2.26. The van der Waals surface area contributed by atoms with Crippen LogP contribution in [0.15, 0.2) is 0 Å². The third kappa shape index (κ3) is 6.23. The molecule has 0 aliphatic heterocycles. The maximum absolute atomic E-state index is 12.0. The van der Waals surface area contributed by atoms with Crippen LogP contribution in [0, 0.1) is 11.8 Å². The van der Waals surface area contributed by atoms with Crippen molar-refractivity contribution in [3.63, 3.8) is 0 Å². The molecule has 0 heterocycles. The zero-order valence-electron chi connectivity index (χ0n) is 10.1. The first-order chi connectivity index (χ1) is 7.92. The minimum Gasteiger partial charge on any atom is -0.160 e. The monoisotopic (exact) mass is 288 g/mol. The average molecular weight is 289 g/mol. The fraction of sp³-hybridized carbons (Fsp3) is 1.00. The molecule has 1 aliphatic rings. The minimum absolute atomic E-state index is 0.0805. The van der Waals surface area contributed by atoms with Crippen LogP contribution in [-0.2, 0) is 0 Å². The molecule has 0 spiro atoms. The van der Waals surface area contributed by atoms with Gasteiger partial charge < -0.3 is 0 Å². The third-order valence-corrected chi connectivity index (χ3v) is 4.79. The molecule has 0 aromatic heterocycles. The van der Waals surface area contributed by atoms with Gasteiger partial charge in [0.15, 0.2) is 0 Å². The van der Waals surface area contributed by atoms with Crippen molar-refractivity contribution in [2.75, 3.05) is 5.75 Å². The average Bonchev–Trinajstić information content (AvgIpc) is 2.21. The van der Waals surface area contributed by atoms with Gasteiger partial charge in [-0.1, -0.05) is 31.5 Å². The van der Waals surface area contributed by atoms with E-state index in [1.54, 1.807) is 0 Å². The molecule has 0 N–H and O–H groups in total.